The van der Waals surface area contributed by atoms with Crippen molar-refractivity contribution in [3.05, 3.63) is 46.6 Å². The predicted octanol–water partition coefficient (Wildman–Crippen LogP) is 2.85. The molecule has 2 aromatic heterocycles. The molecular formula is C14H19N3O. The van der Waals surface area contributed by atoms with Gasteiger partial charge < -0.3 is 9.84 Å². The molecule has 96 valence electrons. The van der Waals surface area contributed by atoms with Crippen LogP contribution < -0.4 is 5.32 Å². The third kappa shape index (κ3) is 2.76. The lowest BCUT2D eigenvalue weighted by atomic mass is 10.1. The Balaban J connectivity index is 2.03. The van der Waals surface area contributed by atoms with Gasteiger partial charge >= 0.3 is 0 Å². The minimum absolute atomic E-state index is 0.219. The van der Waals surface area contributed by atoms with E-state index in [-0.39, 0.29) is 6.04 Å². The van der Waals surface area contributed by atoms with Gasteiger partial charge in [-0.05, 0) is 38.8 Å². The Hall–Kier alpha value is -1.68. The molecule has 0 spiro atoms. The van der Waals surface area contributed by atoms with Gasteiger partial charge in [-0.15, -0.1) is 0 Å². The van der Waals surface area contributed by atoms with E-state index in [4.69, 9.17) is 4.52 Å². The van der Waals surface area contributed by atoms with Gasteiger partial charge in [-0.1, -0.05) is 11.2 Å². The number of nitrogens with one attached hydrogen (secondary N) is 1. The van der Waals surface area contributed by atoms with Crippen LogP contribution >= 0.6 is 0 Å². The number of hydrogen-bond acceptors (Lipinski definition) is 4. The van der Waals surface area contributed by atoms with E-state index >= 15 is 0 Å². The van der Waals surface area contributed by atoms with E-state index in [9.17, 15) is 0 Å². The summed E-state index contributed by atoms with van der Waals surface area (Å²) in [5.74, 6) is 0.884. The van der Waals surface area contributed by atoms with Gasteiger partial charge in [0.25, 0.3) is 0 Å². The number of aromatic nitrogens is 2. The third-order valence-corrected chi connectivity index (χ3v) is 3.07. The standard InChI is InChI=1S/C14H19N3O/c1-9-5-13(7-15-6-9)8-16-10(2)14-11(3)17-18-12(14)4/h5-7,10,16H,8H2,1-4H3. The Morgan fingerprint density at radius 2 is 2.06 bits per heavy atom. The molecule has 4 nitrogen and oxygen atoms in total. The second kappa shape index (κ2) is 5.31. The van der Waals surface area contributed by atoms with Gasteiger partial charge in [0, 0.05) is 30.5 Å². The van der Waals surface area contributed by atoms with Crippen molar-refractivity contribution in [3.8, 4) is 0 Å². The first-order valence-electron chi connectivity index (χ1n) is 6.14. The molecule has 0 aliphatic heterocycles. The molecule has 0 aliphatic rings. The van der Waals surface area contributed by atoms with Crippen molar-refractivity contribution in [1.82, 2.24) is 15.5 Å². The average Bonchev–Trinajstić information content (AvgIpc) is 2.66. The quantitative estimate of drug-likeness (QED) is 0.900. The van der Waals surface area contributed by atoms with Crippen LogP contribution in [0.5, 0.6) is 0 Å². The van der Waals surface area contributed by atoms with Crippen LogP contribution in [-0.4, -0.2) is 10.1 Å². The third-order valence-electron chi connectivity index (χ3n) is 3.07. The highest BCUT2D eigenvalue weighted by atomic mass is 16.5. The van der Waals surface area contributed by atoms with Crippen LogP contribution in [-0.2, 0) is 6.54 Å². The fourth-order valence-corrected chi connectivity index (χ4v) is 2.20. The zero-order chi connectivity index (χ0) is 13.1. The summed E-state index contributed by atoms with van der Waals surface area (Å²) in [5.41, 5.74) is 4.47. The van der Waals surface area contributed by atoms with E-state index in [1.807, 2.05) is 33.2 Å². The summed E-state index contributed by atoms with van der Waals surface area (Å²) in [4.78, 5) is 4.19. The number of rotatable bonds is 4. The van der Waals surface area contributed by atoms with E-state index in [2.05, 4.69) is 28.4 Å². The van der Waals surface area contributed by atoms with E-state index in [1.54, 1.807) is 0 Å². The zero-order valence-corrected chi connectivity index (χ0v) is 11.3. The second-order valence-electron chi connectivity index (χ2n) is 4.71. The van der Waals surface area contributed by atoms with Gasteiger partial charge in [-0.2, -0.15) is 0 Å². The molecule has 0 saturated carbocycles. The molecule has 18 heavy (non-hydrogen) atoms. The average molecular weight is 245 g/mol. The summed E-state index contributed by atoms with van der Waals surface area (Å²) in [6.07, 6.45) is 3.75. The van der Waals surface area contributed by atoms with E-state index in [0.717, 1.165) is 23.6 Å². The van der Waals surface area contributed by atoms with Crippen LogP contribution in [0.2, 0.25) is 0 Å². The molecule has 2 heterocycles. The van der Waals surface area contributed by atoms with Crippen molar-refractivity contribution in [2.75, 3.05) is 0 Å². The lowest BCUT2D eigenvalue weighted by molar-refractivity contribution is 0.390. The first-order valence-corrected chi connectivity index (χ1v) is 6.14. The molecule has 0 saturated heterocycles. The summed E-state index contributed by atoms with van der Waals surface area (Å²) < 4.78 is 5.19. The summed E-state index contributed by atoms with van der Waals surface area (Å²) in [6.45, 7) is 8.88. The SMILES string of the molecule is Cc1cncc(CNC(C)c2c(C)noc2C)c1. The predicted molar refractivity (Wildman–Crippen MR) is 70.2 cm³/mol. The Labute approximate surface area is 107 Å². The highest BCUT2D eigenvalue weighted by Gasteiger charge is 2.15. The molecule has 4 heteroatoms. The summed E-state index contributed by atoms with van der Waals surface area (Å²) >= 11 is 0. The largest absolute Gasteiger partial charge is 0.361 e. The van der Waals surface area contributed by atoms with Crippen molar-refractivity contribution in [3.63, 3.8) is 0 Å². The van der Waals surface area contributed by atoms with Gasteiger partial charge in [-0.25, -0.2) is 0 Å². The fourth-order valence-electron chi connectivity index (χ4n) is 2.20. The first-order chi connectivity index (χ1) is 8.58. The molecule has 0 fully saturated rings. The molecule has 2 aromatic rings. The number of hydrogen-bond donors (Lipinski definition) is 1. The molecule has 1 N–H and O–H groups in total. The molecule has 0 aromatic carbocycles. The van der Waals surface area contributed by atoms with Gasteiger partial charge in [0.2, 0.25) is 0 Å². The number of nitrogens with zero attached hydrogens (tertiary/aromatic N) is 2. The second-order valence-corrected chi connectivity index (χ2v) is 4.71. The van der Waals surface area contributed by atoms with Crippen molar-refractivity contribution in [1.29, 1.82) is 0 Å². The minimum atomic E-state index is 0.219. The molecule has 1 unspecified atom stereocenters. The summed E-state index contributed by atoms with van der Waals surface area (Å²) in [7, 11) is 0. The number of pyridine rings is 1. The molecular weight excluding hydrogens is 226 g/mol. The van der Waals surface area contributed by atoms with E-state index in [1.165, 1.54) is 11.1 Å². The monoisotopic (exact) mass is 245 g/mol. The first kappa shape index (κ1) is 12.8. The van der Waals surface area contributed by atoms with Crippen LogP contribution in [0, 0.1) is 20.8 Å². The topological polar surface area (TPSA) is 51.0 Å². The van der Waals surface area contributed by atoms with Crippen LogP contribution in [0.15, 0.2) is 23.0 Å². The molecule has 2 rings (SSSR count). The zero-order valence-electron chi connectivity index (χ0n) is 11.3. The van der Waals surface area contributed by atoms with Crippen molar-refractivity contribution in [2.45, 2.75) is 40.3 Å². The highest BCUT2D eigenvalue weighted by molar-refractivity contribution is 5.25. The maximum atomic E-state index is 5.19. The molecule has 0 bridgehead atoms. The van der Waals surface area contributed by atoms with Gasteiger partial charge in [0.1, 0.15) is 5.76 Å². The van der Waals surface area contributed by atoms with Gasteiger partial charge in [-0.3, -0.25) is 4.98 Å². The highest BCUT2D eigenvalue weighted by Crippen LogP contribution is 2.21. The van der Waals surface area contributed by atoms with Crippen LogP contribution in [0.25, 0.3) is 0 Å². The Morgan fingerprint density at radius 3 is 2.67 bits per heavy atom. The van der Waals surface area contributed by atoms with E-state index in [0.29, 0.717) is 0 Å². The Morgan fingerprint density at radius 1 is 1.28 bits per heavy atom. The maximum Gasteiger partial charge on any atom is 0.138 e. The van der Waals surface area contributed by atoms with Crippen LogP contribution in [0.3, 0.4) is 0 Å². The molecule has 1 atom stereocenters. The summed E-state index contributed by atoms with van der Waals surface area (Å²) in [6, 6.07) is 2.36. The van der Waals surface area contributed by atoms with Crippen molar-refractivity contribution >= 4 is 0 Å². The smallest absolute Gasteiger partial charge is 0.138 e. The molecule has 0 aliphatic carbocycles. The van der Waals surface area contributed by atoms with Crippen LogP contribution in [0.4, 0.5) is 0 Å². The fraction of sp³-hybridized carbons (Fsp3) is 0.429. The maximum absolute atomic E-state index is 5.19. The van der Waals surface area contributed by atoms with Gasteiger partial charge in [0.15, 0.2) is 0 Å². The lowest BCUT2D eigenvalue weighted by Gasteiger charge is -2.13. The minimum Gasteiger partial charge on any atom is -0.361 e. The molecule has 0 radical (unpaired) electrons. The Kier molecular flexibility index (Phi) is 3.77. The van der Waals surface area contributed by atoms with E-state index < -0.39 is 0 Å². The van der Waals surface area contributed by atoms with Crippen molar-refractivity contribution < 1.29 is 4.52 Å². The normalized spacial score (nSPS) is 12.7. The van der Waals surface area contributed by atoms with Gasteiger partial charge in [0.05, 0.1) is 5.69 Å². The van der Waals surface area contributed by atoms with Crippen LogP contribution in [0.1, 0.15) is 41.1 Å². The summed E-state index contributed by atoms with van der Waals surface area (Å²) in [5, 5.41) is 7.45. The van der Waals surface area contributed by atoms with Crippen molar-refractivity contribution in [2.24, 2.45) is 0 Å². The molecule has 0 amide bonds. The Bertz CT molecular complexity index is 514. The lowest BCUT2D eigenvalue weighted by Crippen LogP contribution is -2.19. The number of aryl methyl sites for hydroxylation is 3.